The molecule has 0 spiro atoms. The third-order valence-corrected chi connectivity index (χ3v) is 5.81. The molecule has 0 aliphatic carbocycles. The maximum atomic E-state index is 12.5. The fraction of sp³-hybridized carbons (Fsp3) is 0.375. The van der Waals surface area contributed by atoms with Gasteiger partial charge in [0.1, 0.15) is 6.04 Å². The van der Waals surface area contributed by atoms with Gasteiger partial charge in [-0.15, -0.1) is 0 Å². The molecule has 1 saturated heterocycles. The number of aryl methyl sites for hydroxylation is 2. The lowest BCUT2D eigenvalue weighted by atomic mass is 10.0. The molecule has 1 unspecified atom stereocenters. The van der Waals surface area contributed by atoms with E-state index in [0.717, 1.165) is 11.1 Å². The van der Waals surface area contributed by atoms with E-state index in [2.05, 4.69) is 68.2 Å². The van der Waals surface area contributed by atoms with Crippen LogP contribution >= 0.6 is 0 Å². The number of carbonyl (C=O) groups excluding carboxylic acids is 1. The molecule has 0 bridgehead atoms. The Balaban J connectivity index is 1.55. The van der Waals surface area contributed by atoms with Crippen molar-refractivity contribution < 1.29 is 9.32 Å². The molecule has 4 rings (SSSR count). The minimum Gasteiger partial charge on any atom is -0.337 e. The molecule has 5 heteroatoms. The van der Waals surface area contributed by atoms with Crippen molar-refractivity contribution in [3.63, 3.8) is 0 Å². The van der Waals surface area contributed by atoms with Gasteiger partial charge in [0.25, 0.3) is 0 Å². The second kappa shape index (κ2) is 7.82. The quantitative estimate of drug-likeness (QED) is 0.591. The second-order valence-electron chi connectivity index (χ2n) is 8.23. The monoisotopic (exact) mass is 389 g/mol. The SMILES string of the molecule is Cc1ccc(CN2C(=O)CCC2c2nc(-c3ccc(C(C)C)cc3)no2)cc1C. The number of likely N-dealkylation sites (tertiary alicyclic amines) is 1. The van der Waals surface area contributed by atoms with Gasteiger partial charge in [-0.1, -0.05) is 61.5 Å². The van der Waals surface area contributed by atoms with E-state index in [1.807, 2.05) is 17.0 Å². The normalized spacial score (nSPS) is 16.8. The fourth-order valence-corrected chi connectivity index (χ4v) is 3.79. The Morgan fingerprint density at radius 2 is 1.86 bits per heavy atom. The molecule has 1 aromatic heterocycles. The van der Waals surface area contributed by atoms with E-state index in [9.17, 15) is 4.79 Å². The average molecular weight is 389 g/mol. The lowest BCUT2D eigenvalue weighted by Gasteiger charge is -2.22. The Morgan fingerprint density at radius 1 is 1.10 bits per heavy atom. The highest BCUT2D eigenvalue weighted by Gasteiger charge is 2.36. The molecule has 5 nitrogen and oxygen atoms in total. The van der Waals surface area contributed by atoms with Crippen molar-refractivity contribution in [2.24, 2.45) is 0 Å². The van der Waals surface area contributed by atoms with Crippen LogP contribution in [-0.4, -0.2) is 20.9 Å². The average Bonchev–Trinajstić information content (AvgIpc) is 3.32. The molecule has 2 heterocycles. The number of carbonyl (C=O) groups is 1. The summed E-state index contributed by atoms with van der Waals surface area (Å²) in [6.45, 7) is 9.09. The Labute approximate surface area is 171 Å². The van der Waals surface area contributed by atoms with Crippen molar-refractivity contribution >= 4 is 5.91 Å². The highest BCUT2D eigenvalue weighted by Crippen LogP contribution is 2.34. The van der Waals surface area contributed by atoms with Crippen molar-refractivity contribution in [1.82, 2.24) is 15.0 Å². The number of hydrogen-bond acceptors (Lipinski definition) is 4. The third-order valence-electron chi connectivity index (χ3n) is 5.81. The smallest absolute Gasteiger partial charge is 0.249 e. The summed E-state index contributed by atoms with van der Waals surface area (Å²) >= 11 is 0. The first kappa shape index (κ1) is 19.4. The lowest BCUT2D eigenvalue weighted by Crippen LogP contribution is -2.27. The van der Waals surface area contributed by atoms with Gasteiger partial charge in [0.05, 0.1) is 0 Å². The number of rotatable bonds is 5. The summed E-state index contributed by atoms with van der Waals surface area (Å²) in [6, 6.07) is 14.4. The molecule has 0 N–H and O–H groups in total. The van der Waals surface area contributed by atoms with Gasteiger partial charge in [-0.3, -0.25) is 4.79 Å². The van der Waals surface area contributed by atoms with Gasteiger partial charge in [-0.05, 0) is 48.4 Å². The molecular weight excluding hydrogens is 362 g/mol. The Hall–Kier alpha value is -2.95. The molecule has 0 saturated carbocycles. The maximum Gasteiger partial charge on any atom is 0.249 e. The van der Waals surface area contributed by atoms with Crippen molar-refractivity contribution in [3.05, 3.63) is 70.6 Å². The summed E-state index contributed by atoms with van der Waals surface area (Å²) in [4.78, 5) is 19.0. The summed E-state index contributed by atoms with van der Waals surface area (Å²) in [7, 11) is 0. The van der Waals surface area contributed by atoms with Crippen LogP contribution in [0.4, 0.5) is 0 Å². The van der Waals surface area contributed by atoms with Gasteiger partial charge in [-0.2, -0.15) is 4.98 Å². The number of nitrogens with zero attached hydrogens (tertiary/aromatic N) is 3. The molecule has 1 atom stereocenters. The Morgan fingerprint density at radius 3 is 2.55 bits per heavy atom. The summed E-state index contributed by atoms with van der Waals surface area (Å²) in [6.07, 6.45) is 1.22. The van der Waals surface area contributed by atoms with Gasteiger partial charge in [-0.25, -0.2) is 0 Å². The van der Waals surface area contributed by atoms with E-state index in [4.69, 9.17) is 4.52 Å². The zero-order chi connectivity index (χ0) is 20.5. The Bertz CT molecular complexity index is 1020. The zero-order valence-corrected chi connectivity index (χ0v) is 17.5. The predicted octanol–water partition coefficient (Wildman–Crippen LogP) is 5.34. The molecule has 150 valence electrons. The molecule has 2 aromatic carbocycles. The van der Waals surface area contributed by atoms with Gasteiger partial charge >= 0.3 is 0 Å². The molecule has 1 aliphatic heterocycles. The number of benzene rings is 2. The van der Waals surface area contributed by atoms with E-state index in [1.165, 1.54) is 16.7 Å². The van der Waals surface area contributed by atoms with E-state index < -0.39 is 0 Å². The first-order chi connectivity index (χ1) is 13.9. The van der Waals surface area contributed by atoms with Crippen molar-refractivity contribution in [3.8, 4) is 11.4 Å². The van der Waals surface area contributed by atoms with Crippen LogP contribution in [0.2, 0.25) is 0 Å². The molecular formula is C24H27N3O2. The van der Waals surface area contributed by atoms with Crippen LogP contribution in [0, 0.1) is 13.8 Å². The number of hydrogen-bond donors (Lipinski definition) is 0. The molecule has 1 aliphatic rings. The maximum absolute atomic E-state index is 12.5. The van der Waals surface area contributed by atoms with Crippen LogP contribution in [0.3, 0.4) is 0 Å². The topological polar surface area (TPSA) is 59.2 Å². The number of amides is 1. The van der Waals surface area contributed by atoms with Crippen LogP contribution in [-0.2, 0) is 11.3 Å². The second-order valence-corrected chi connectivity index (χ2v) is 8.23. The van der Waals surface area contributed by atoms with E-state index in [0.29, 0.717) is 37.0 Å². The highest BCUT2D eigenvalue weighted by atomic mass is 16.5. The van der Waals surface area contributed by atoms with Gasteiger partial charge in [0.2, 0.25) is 17.6 Å². The molecule has 1 fully saturated rings. The fourth-order valence-electron chi connectivity index (χ4n) is 3.79. The van der Waals surface area contributed by atoms with Crippen LogP contribution in [0.5, 0.6) is 0 Å². The first-order valence-electron chi connectivity index (χ1n) is 10.2. The van der Waals surface area contributed by atoms with Crippen molar-refractivity contribution in [2.45, 2.75) is 59.0 Å². The molecule has 3 aromatic rings. The summed E-state index contributed by atoms with van der Waals surface area (Å²) in [5.41, 5.74) is 5.81. The minimum absolute atomic E-state index is 0.134. The largest absolute Gasteiger partial charge is 0.337 e. The summed E-state index contributed by atoms with van der Waals surface area (Å²) in [5.74, 6) is 1.70. The molecule has 29 heavy (non-hydrogen) atoms. The van der Waals surface area contributed by atoms with Crippen LogP contribution in [0.15, 0.2) is 47.0 Å². The lowest BCUT2D eigenvalue weighted by molar-refractivity contribution is -0.129. The van der Waals surface area contributed by atoms with Crippen LogP contribution < -0.4 is 0 Å². The summed E-state index contributed by atoms with van der Waals surface area (Å²) < 4.78 is 5.58. The minimum atomic E-state index is -0.166. The molecule has 0 radical (unpaired) electrons. The number of aromatic nitrogens is 2. The van der Waals surface area contributed by atoms with E-state index in [-0.39, 0.29) is 11.9 Å². The zero-order valence-electron chi connectivity index (χ0n) is 17.5. The Kier molecular flexibility index (Phi) is 5.22. The van der Waals surface area contributed by atoms with E-state index >= 15 is 0 Å². The van der Waals surface area contributed by atoms with E-state index in [1.54, 1.807) is 0 Å². The first-order valence-corrected chi connectivity index (χ1v) is 10.2. The summed E-state index contributed by atoms with van der Waals surface area (Å²) in [5, 5.41) is 4.17. The standard InChI is InChI=1S/C24H27N3O2/c1-15(2)19-7-9-20(10-8-19)23-25-24(29-26-23)21-11-12-22(28)27(21)14-18-6-5-16(3)17(4)13-18/h5-10,13,15,21H,11-12,14H2,1-4H3. The predicted molar refractivity (Wildman–Crippen MR) is 112 cm³/mol. The van der Waals surface area contributed by atoms with Crippen LogP contribution in [0.25, 0.3) is 11.4 Å². The van der Waals surface area contributed by atoms with Gasteiger partial charge in [0.15, 0.2) is 0 Å². The third kappa shape index (κ3) is 3.95. The van der Waals surface area contributed by atoms with Crippen molar-refractivity contribution in [2.75, 3.05) is 0 Å². The van der Waals surface area contributed by atoms with Gasteiger partial charge < -0.3 is 9.42 Å². The highest BCUT2D eigenvalue weighted by molar-refractivity contribution is 5.78. The van der Waals surface area contributed by atoms with Gasteiger partial charge in [0, 0.05) is 18.5 Å². The molecule has 1 amide bonds. The van der Waals surface area contributed by atoms with Crippen LogP contribution in [0.1, 0.15) is 66.8 Å². The van der Waals surface area contributed by atoms with Crippen molar-refractivity contribution in [1.29, 1.82) is 0 Å².